The molecule has 0 aromatic heterocycles. The summed E-state index contributed by atoms with van der Waals surface area (Å²) in [6, 6.07) is 0. The van der Waals surface area contributed by atoms with Crippen LogP contribution in [0.25, 0.3) is 0 Å². The number of hydrogen-bond donors (Lipinski definition) is 0. The van der Waals surface area contributed by atoms with Crippen molar-refractivity contribution in [3.63, 3.8) is 0 Å². The van der Waals surface area contributed by atoms with Crippen molar-refractivity contribution in [1.29, 1.82) is 0 Å². The van der Waals surface area contributed by atoms with Gasteiger partial charge in [-0.15, -0.1) is 0 Å². The molecule has 0 saturated heterocycles. The highest BCUT2D eigenvalue weighted by atomic mass is 32.2. The molecule has 0 saturated carbocycles. The maximum absolute atomic E-state index is 2.76. The third-order valence-electron chi connectivity index (χ3n) is 3.53. The van der Waals surface area contributed by atoms with E-state index in [-0.39, 0.29) is 20.9 Å². The molecule has 3 nitrogen and oxygen atoms in total. The summed E-state index contributed by atoms with van der Waals surface area (Å²) in [5.74, 6) is 0. The summed E-state index contributed by atoms with van der Waals surface area (Å²) < 4.78 is 8.28. The van der Waals surface area contributed by atoms with Gasteiger partial charge in [-0.3, -0.25) is 4.70 Å². The molecule has 24 heavy (non-hydrogen) atoms. The SMILES string of the molecule is CCCN(CCC)[S+](N(CCC)CCC)N(CCC)CCC.F.[F-]. The standard InChI is InChI=1S/C18H42N3S.2FH/c1-7-13-19(14-8-2)22(20(15-9-3)16-10-4)21(17-11-5)18-12-6;;/h7-18H2,1-6H3;2*1H/q+1;;/p-1. The first-order valence-corrected chi connectivity index (χ1v) is 10.8. The van der Waals surface area contributed by atoms with Gasteiger partial charge in [-0.25, -0.2) is 0 Å². The lowest BCUT2D eigenvalue weighted by molar-refractivity contribution is -0.00000608. The van der Waals surface area contributed by atoms with Crippen LogP contribution in [-0.4, -0.2) is 52.2 Å². The molecule has 0 unspecified atom stereocenters. The molecule has 0 spiro atoms. The molecular formula is C18H43F2N3S. The number of halogens is 2. The van der Waals surface area contributed by atoms with Gasteiger partial charge < -0.3 is 4.70 Å². The Hall–Kier alpha value is 0.0900. The third kappa shape index (κ3) is 10.9. The maximum atomic E-state index is 2.76. The summed E-state index contributed by atoms with van der Waals surface area (Å²) in [6.45, 7) is 21.3. The number of rotatable bonds is 15. The average molecular weight is 372 g/mol. The van der Waals surface area contributed by atoms with Crippen LogP contribution in [0.4, 0.5) is 4.70 Å². The zero-order valence-electron chi connectivity index (χ0n) is 17.0. The molecule has 0 amide bonds. The van der Waals surface area contributed by atoms with E-state index < -0.39 is 0 Å². The quantitative estimate of drug-likeness (QED) is 0.407. The Morgan fingerprint density at radius 1 is 0.458 bits per heavy atom. The Morgan fingerprint density at radius 2 is 0.625 bits per heavy atom. The van der Waals surface area contributed by atoms with Crippen LogP contribution in [0.5, 0.6) is 0 Å². The third-order valence-corrected chi connectivity index (χ3v) is 6.01. The summed E-state index contributed by atoms with van der Waals surface area (Å²) in [5, 5.41) is 0. The first-order chi connectivity index (χ1) is 10.7. The van der Waals surface area contributed by atoms with E-state index in [0.717, 1.165) is 0 Å². The Bertz CT molecular complexity index is 192. The van der Waals surface area contributed by atoms with Gasteiger partial charge in [0.05, 0.1) is 0 Å². The van der Waals surface area contributed by atoms with Crippen molar-refractivity contribution in [3.05, 3.63) is 0 Å². The molecule has 0 aliphatic carbocycles. The summed E-state index contributed by atoms with van der Waals surface area (Å²) in [7, 11) is 0. The van der Waals surface area contributed by atoms with Crippen molar-refractivity contribution in [3.8, 4) is 0 Å². The van der Waals surface area contributed by atoms with Gasteiger partial charge in [0.15, 0.2) is 0 Å². The molecule has 0 bridgehead atoms. The zero-order valence-corrected chi connectivity index (χ0v) is 17.8. The molecule has 0 fully saturated rings. The molecule has 6 heteroatoms. The molecule has 0 aliphatic rings. The molecule has 0 aliphatic heterocycles. The highest BCUT2D eigenvalue weighted by Crippen LogP contribution is 2.20. The van der Waals surface area contributed by atoms with Gasteiger partial charge in [0.2, 0.25) is 0 Å². The highest BCUT2D eigenvalue weighted by molar-refractivity contribution is 7.90. The van der Waals surface area contributed by atoms with E-state index in [1.54, 1.807) is 0 Å². The first-order valence-electron chi connectivity index (χ1n) is 9.69. The van der Waals surface area contributed by atoms with E-state index in [9.17, 15) is 0 Å². The van der Waals surface area contributed by atoms with Crippen molar-refractivity contribution >= 4 is 11.5 Å². The largest absolute Gasteiger partial charge is 1.00 e. The van der Waals surface area contributed by atoms with Crippen molar-refractivity contribution in [2.45, 2.75) is 80.1 Å². The molecule has 0 aromatic carbocycles. The van der Waals surface area contributed by atoms with E-state index in [2.05, 4.69) is 54.5 Å². The average Bonchev–Trinajstić information content (AvgIpc) is 2.49. The molecule has 0 rings (SSSR count). The number of hydrogen-bond acceptors (Lipinski definition) is 3. The second-order valence-electron chi connectivity index (χ2n) is 6.03. The molecule has 0 heterocycles. The van der Waals surface area contributed by atoms with Crippen LogP contribution in [-0.2, 0) is 11.5 Å². The van der Waals surface area contributed by atoms with Crippen LogP contribution >= 0.6 is 0 Å². The first kappa shape index (κ1) is 28.9. The van der Waals surface area contributed by atoms with Crippen LogP contribution in [0.15, 0.2) is 0 Å². The van der Waals surface area contributed by atoms with Crippen molar-refractivity contribution < 1.29 is 9.41 Å². The smallest absolute Gasteiger partial charge is 0.268 e. The summed E-state index contributed by atoms with van der Waals surface area (Å²) in [6.07, 6.45) is 7.51. The van der Waals surface area contributed by atoms with Crippen LogP contribution in [0.1, 0.15) is 80.1 Å². The molecule has 0 radical (unpaired) electrons. The lowest BCUT2D eigenvalue weighted by Gasteiger charge is -2.33. The molecule has 0 N–H and O–H groups in total. The normalized spacial score (nSPS) is 11.2. The maximum Gasteiger partial charge on any atom is 0.268 e. The lowest BCUT2D eigenvalue weighted by atomic mass is 10.4. The van der Waals surface area contributed by atoms with Gasteiger partial charge in [0.25, 0.3) is 11.5 Å². The summed E-state index contributed by atoms with van der Waals surface area (Å²) in [5.41, 5.74) is 0. The topological polar surface area (TPSA) is 9.72 Å². The van der Waals surface area contributed by atoms with Crippen molar-refractivity contribution in [2.75, 3.05) is 39.3 Å². The van der Waals surface area contributed by atoms with Gasteiger partial charge in [-0.1, -0.05) is 54.5 Å². The van der Waals surface area contributed by atoms with E-state index in [4.69, 9.17) is 0 Å². The minimum absolute atomic E-state index is 0. The molecule has 0 aromatic rings. The van der Waals surface area contributed by atoms with Gasteiger partial charge in [-0.05, 0) is 38.5 Å². The van der Waals surface area contributed by atoms with Crippen molar-refractivity contribution in [2.24, 2.45) is 0 Å². The summed E-state index contributed by atoms with van der Waals surface area (Å²) >= 11 is 0.163. The minimum atomic E-state index is 0. The van der Waals surface area contributed by atoms with Crippen LogP contribution in [0.2, 0.25) is 0 Å². The zero-order chi connectivity index (χ0) is 16.8. The Morgan fingerprint density at radius 3 is 0.750 bits per heavy atom. The predicted molar refractivity (Wildman–Crippen MR) is 106 cm³/mol. The van der Waals surface area contributed by atoms with Gasteiger partial charge in [-0.2, -0.15) is 0 Å². The number of nitrogens with zero attached hydrogens (tertiary/aromatic N) is 3. The van der Waals surface area contributed by atoms with Crippen LogP contribution in [0, 0.1) is 0 Å². The monoisotopic (exact) mass is 371 g/mol. The second kappa shape index (κ2) is 19.4. The second-order valence-corrected chi connectivity index (χ2v) is 8.07. The Balaban J connectivity index is -0.00000220. The van der Waals surface area contributed by atoms with E-state index in [1.165, 1.54) is 77.8 Å². The van der Waals surface area contributed by atoms with E-state index in [0.29, 0.717) is 0 Å². The highest BCUT2D eigenvalue weighted by Gasteiger charge is 2.41. The van der Waals surface area contributed by atoms with Gasteiger partial charge in [0.1, 0.15) is 0 Å². The fraction of sp³-hybridized carbons (Fsp3) is 1.00. The molecule has 0 atom stereocenters. The summed E-state index contributed by atoms with van der Waals surface area (Å²) in [4.78, 5) is 0. The van der Waals surface area contributed by atoms with E-state index >= 15 is 0 Å². The fourth-order valence-corrected chi connectivity index (χ4v) is 5.87. The van der Waals surface area contributed by atoms with Crippen molar-refractivity contribution in [1.82, 2.24) is 12.9 Å². The molecule has 150 valence electrons. The fourth-order valence-electron chi connectivity index (χ4n) is 2.81. The van der Waals surface area contributed by atoms with Gasteiger partial charge in [0, 0.05) is 39.3 Å². The van der Waals surface area contributed by atoms with Crippen LogP contribution < -0.4 is 4.70 Å². The predicted octanol–water partition coefficient (Wildman–Crippen LogP) is 1.87. The Labute approximate surface area is 153 Å². The van der Waals surface area contributed by atoms with E-state index in [1.807, 2.05) is 0 Å². The van der Waals surface area contributed by atoms with Crippen LogP contribution in [0.3, 0.4) is 0 Å². The minimum Gasteiger partial charge on any atom is -1.00 e. The molecular weight excluding hydrogens is 328 g/mol. The Kier molecular flexibility index (Phi) is 23.4. The lowest BCUT2D eigenvalue weighted by Crippen LogP contribution is -3.00. The van der Waals surface area contributed by atoms with Gasteiger partial charge >= 0.3 is 0 Å².